The number of carbonyl (C=O) groups excluding carboxylic acids is 1. The van der Waals surface area contributed by atoms with Gasteiger partial charge in [0.2, 0.25) is 0 Å². The van der Waals surface area contributed by atoms with Gasteiger partial charge in [0.25, 0.3) is 0 Å². The number of aromatic nitrogens is 2. The van der Waals surface area contributed by atoms with Gasteiger partial charge in [0, 0.05) is 11.8 Å². The summed E-state index contributed by atoms with van der Waals surface area (Å²) < 4.78 is 44.4. The zero-order valence-corrected chi connectivity index (χ0v) is 11.0. The molecule has 2 aromatic heterocycles. The molecule has 0 saturated carbocycles. The zero-order chi connectivity index (χ0) is 15.7. The molecule has 0 unspecified atom stereocenters. The molecule has 22 heavy (non-hydrogen) atoms. The third-order valence-corrected chi connectivity index (χ3v) is 3.04. The lowest BCUT2D eigenvalue weighted by molar-refractivity contribution is -0.141. The number of hydrogen-bond acceptors (Lipinski definition) is 3. The van der Waals surface area contributed by atoms with Gasteiger partial charge >= 0.3 is 6.18 Å². The number of nitrogens with zero attached hydrogens (tertiary/aromatic N) is 2. The molecule has 3 rings (SSSR count). The third-order valence-electron chi connectivity index (χ3n) is 3.04. The fourth-order valence-electron chi connectivity index (χ4n) is 2.05. The molecule has 0 bridgehead atoms. The minimum Gasteiger partial charge on any atom is -0.453 e. The Balaban J connectivity index is 2.08. The van der Waals surface area contributed by atoms with Gasteiger partial charge in [0.15, 0.2) is 17.7 Å². The highest BCUT2D eigenvalue weighted by Gasteiger charge is 2.33. The lowest BCUT2D eigenvalue weighted by Gasteiger charge is -2.07. The fourth-order valence-corrected chi connectivity index (χ4v) is 2.05. The maximum Gasteiger partial charge on any atom is 0.435 e. The molecule has 0 saturated heterocycles. The van der Waals surface area contributed by atoms with Crippen molar-refractivity contribution in [3.63, 3.8) is 0 Å². The number of rotatable bonds is 3. The molecule has 0 spiro atoms. The first-order valence-corrected chi connectivity index (χ1v) is 6.27. The first kappa shape index (κ1) is 14.1. The number of halogens is 3. The smallest absolute Gasteiger partial charge is 0.435 e. The van der Waals surface area contributed by atoms with Crippen LogP contribution in [0, 0.1) is 0 Å². The second kappa shape index (κ2) is 5.18. The Hall–Kier alpha value is -2.83. The molecule has 0 radical (unpaired) electrons. The number of hydrogen-bond donors (Lipinski definition) is 0. The highest BCUT2D eigenvalue weighted by Crippen LogP contribution is 2.31. The van der Waals surface area contributed by atoms with Crippen molar-refractivity contribution < 1.29 is 22.4 Å². The van der Waals surface area contributed by atoms with Crippen molar-refractivity contribution in [2.24, 2.45) is 0 Å². The van der Waals surface area contributed by atoms with Crippen LogP contribution in [0.2, 0.25) is 0 Å². The number of carbonyl (C=O) groups is 1. The highest BCUT2D eigenvalue weighted by atomic mass is 19.4. The number of alkyl halides is 3. The molecule has 3 aromatic rings. The summed E-state index contributed by atoms with van der Waals surface area (Å²) >= 11 is 0. The maximum absolute atomic E-state index is 12.7. The molecule has 0 aliphatic carbocycles. The van der Waals surface area contributed by atoms with E-state index in [-0.39, 0.29) is 5.76 Å². The normalized spacial score (nSPS) is 11.6. The standard InChI is InChI=1S/C15H9F3N2O2/c16-15(17,18)14-7-8-20(19-14)12-4-2-1-3-11(12)13-6-5-10(9-21)22-13/h1-9H. The molecule has 7 heteroatoms. The monoisotopic (exact) mass is 306 g/mol. The van der Waals surface area contributed by atoms with Crippen molar-refractivity contribution in [2.45, 2.75) is 6.18 Å². The molecule has 0 atom stereocenters. The molecule has 112 valence electrons. The minimum absolute atomic E-state index is 0.140. The summed E-state index contributed by atoms with van der Waals surface area (Å²) in [6.45, 7) is 0. The largest absolute Gasteiger partial charge is 0.453 e. The van der Waals surface area contributed by atoms with Gasteiger partial charge < -0.3 is 4.42 Å². The van der Waals surface area contributed by atoms with E-state index in [9.17, 15) is 18.0 Å². The van der Waals surface area contributed by atoms with Crippen LogP contribution in [0.3, 0.4) is 0 Å². The van der Waals surface area contributed by atoms with Gasteiger partial charge in [-0.15, -0.1) is 0 Å². The molecule has 0 fully saturated rings. The van der Waals surface area contributed by atoms with E-state index in [0.717, 1.165) is 10.7 Å². The summed E-state index contributed by atoms with van der Waals surface area (Å²) in [6, 6.07) is 10.7. The molecular formula is C15H9F3N2O2. The number of aldehydes is 1. The molecule has 2 heterocycles. The van der Waals surface area contributed by atoms with Gasteiger partial charge in [0.1, 0.15) is 5.76 Å². The average Bonchev–Trinajstić information content (AvgIpc) is 3.16. The third kappa shape index (κ3) is 2.52. The zero-order valence-electron chi connectivity index (χ0n) is 11.0. The fraction of sp³-hybridized carbons (Fsp3) is 0.0667. The lowest BCUT2D eigenvalue weighted by Crippen LogP contribution is -2.07. The topological polar surface area (TPSA) is 48.0 Å². The van der Waals surface area contributed by atoms with Gasteiger partial charge in [-0.1, -0.05) is 12.1 Å². The van der Waals surface area contributed by atoms with Crippen LogP contribution in [0.25, 0.3) is 17.0 Å². The Morgan fingerprint density at radius 1 is 1.09 bits per heavy atom. The van der Waals surface area contributed by atoms with E-state index < -0.39 is 11.9 Å². The summed E-state index contributed by atoms with van der Waals surface area (Å²) in [7, 11) is 0. The van der Waals surface area contributed by atoms with Crippen molar-refractivity contribution in [3.8, 4) is 17.0 Å². The summed E-state index contributed by atoms with van der Waals surface area (Å²) in [4.78, 5) is 10.7. The molecule has 1 aromatic carbocycles. The van der Waals surface area contributed by atoms with Gasteiger partial charge in [-0.2, -0.15) is 18.3 Å². The number of benzene rings is 1. The van der Waals surface area contributed by atoms with Crippen molar-refractivity contribution in [1.82, 2.24) is 9.78 Å². The first-order valence-electron chi connectivity index (χ1n) is 6.27. The quantitative estimate of drug-likeness (QED) is 0.688. The lowest BCUT2D eigenvalue weighted by atomic mass is 10.1. The van der Waals surface area contributed by atoms with Crippen LogP contribution < -0.4 is 0 Å². The van der Waals surface area contributed by atoms with Crippen LogP contribution in [0.5, 0.6) is 0 Å². The van der Waals surface area contributed by atoms with Gasteiger partial charge in [-0.05, 0) is 30.3 Å². The van der Waals surface area contributed by atoms with Crippen LogP contribution in [0.1, 0.15) is 16.2 Å². The van der Waals surface area contributed by atoms with E-state index >= 15 is 0 Å². The van der Waals surface area contributed by atoms with Crippen LogP contribution in [-0.2, 0) is 6.18 Å². The predicted octanol–water partition coefficient (Wildman–Crippen LogP) is 3.96. The predicted molar refractivity (Wildman–Crippen MR) is 71.7 cm³/mol. The SMILES string of the molecule is O=Cc1ccc(-c2ccccc2-n2ccc(C(F)(F)F)n2)o1. The Morgan fingerprint density at radius 3 is 2.50 bits per heavy atom. The summed E-state index contributed by atoms with van der Waals surface area (Å²) in [5.74, 6) is 0.517. The summed E-state index contributed by atoms with van der Waals surface area (Å²) in [6.07, 6.45) is -2.72. The van der Waals surface area contributed by atoms with Crippen LogP contribution in [-0.4, -0.2) is 16.1 Å². The van der Waals surface area contributed by atoms with E-state index in [2.05, 4.69) is 5.10 Å². The summed E-state index contributed by atoms with van der Waals surface area (Å²) in [5.41, 5.74) is -0.0208. The van der Waals surface area contributed by atoms with Crippen LogP contribution in [0.4, 0.5) is 13.2 Å². The van der Waals surface area contributed by atoms with Crippen molar-refractivity contribution in [1.29, 1.82) is 0 Å². The van der Waals surface area contributed by atoms with Crippen LogP contribution in [0.15, 0.2) is 53.1 Å². The van der Waals surface area contributed by atoms with Crippen molar-refractivity contribution in [2.75, 3.05) is 0 Å². The highest BCUT2D eigenvalue weighted by molar-refractivity contribution is 5.75. The second-order valence-corrected chi connectivity index (χ2v) is 4.48. The van der Waals surface area contributed by atoms with E-state index in [1.54, 1.807) is 30.3 Å². The molecular weight excluding hydrogens is 297 g/mol. The van der Waals surface area contributed by atoms with Crippen molar-refractivity contribution >= 4 is 6.29 Å². The van der Waals surface area contributed by atoms with Gasteiger partial charge in [-0.3, -0.25) is 4.79 Å². The van der Waals surface area contributed by atoms with Gasteiger partial charge in [-0.25, -0.2) is 4.68 Å². The molecule has 0 aliphatic heterocycles. The second-order valence-electron chi connectivity index (χ2n) is 4.48. The molecule has 0 amide bonds. The Kier molecular flexibility index (Phi) is 3.32. The van der Waals surface area contributed by atoms with E-state index in [1.165, 1.54) is 12.3 Å². The molecule has 0 aliphatic rings. The number of para-hydroxylation sites is 1. The van der Waals surface area contributed by atoms with Crippen molar-refractivity contribution in [3.05, 3.63) is 60.1 Å². The van der Waals surface area contributed by atoms with E-state index in [0.29, 0.717) is 23.3 Å². The van der Waals surface area contributed by atoms with E-state index in [4.69, 9.17) is 4.42 Å². The maximum atomic E-state index is 12.7. The Bertz CT molecular complexity index is 818. The van der Waals surface area contributed by atoms with Crippen LogP contribution >= 0.6 is 0 Å². The van der Waals surface area contributed by atoms with E-state index in [1.807, 2.05) is 0 Å². The average molecular weight is 306 g/mol. The summed E-state index contributed by atoms with van der Waals surface area (Å²) in [5, 5.41) is 3.55. The number of furan rings is 1. The minimum atomic E-state index is -4.50. The Morgan fingerprint density at radius 2 is 1.86 bits per heavy atom. The van der Waals surface area contributed by atoms with Gasteiger partial charge in [0.05, 0.1) is 5.69 Å². The Labute approximate surface area is 122 Å². The molecule has 0 N–H and O–H groups in total. The first-order chi connectivity index (χ1) is 10.5. The molecule has 4 nitrogen and oxygen atoms in total.